The van der Waals surface area contributed by atoms with Crippen molar-refractivity contribution in [2.75, 3.05) is 13.1 Å². The Bertz CT molecular complexity index is 407. The second-order valence-electron chi connectivity index (χ2n) is 6.40. The number of aryl methyl sites for hydroxylation is 1. The normalized spacial score (nSPS) is 23.2. The molecule has 1 aliphatic heterocycles. The Morgan fingerprint density at radius 1 is 1.33 bits per heavy atom. The lowest BCUT2D eigenvalue weighted by Crippen LogP contribution is -2.65. The van der Waals surface area contributed by atoms with Gasteiger partial charge in [-0.25, -0.2) is 9.67 Å². The van der Waals surface area contributed by atoms with Gasteiger partial charge in [-0.15, -0.1) is 0 Å². The second-order valence-corrected chi connectivity index (χ2v) is 6.40. The molecule has 0 bridgehead atoms. The van der Waals surface area contributed by atoms with Gasteiger partial charge in [0.2, 0.25) is 0 Å². The SMILES string of the molecule is CCn1ncnc1CN1CC(C)(C)NCC1(C)C. The molecule has 0 atom stereocenters. The minimum atomic E-state index is 0.153. The van der Waals surface area contributed by atoms with E-state index in [1.165, 1.54) is 0 Å². The van der Waals surface area contributed by atoms with E-state index >= 15 is 0 Å². The predicted molar refractivity (Wildman–Crippen MR) is 72.3 cm³/mol. The highest BCUT2D eigenvalue weighted by Gasteiger charge is 2.37. The molecule has 1 aliphatic rings. The summed E-state index contributed by atoms with van der Waals surface area (Å²) in [7, 11) is 0. The maximum absolute atomic E-state index is 4.38. The molecule has 1 fully saturated rings. The average molecular weight is 251 g/mol. The number of aromatic nitrogens is 3. The number of rotatable bonds is 3. The number of hydrogen-bond donors (Lipinski definition) is 1. The summed E-state index contributed by atoms with van der Waals surface area (Å²) in [5.74, 6) is 1.06. The fraction of sp³-hybridized carbons (Fsp3) is 0.846. The van der Waals surface area contributed by atoms with E-state index < -0.39 is 0 Å². The molecule has 0 saturated carbocycles. The summed E-state index contributed by atoms with van der Waals surface area (Å²) in [4.78, 5) is 6.88. The monoisotopic (exact) mass is 251 g/mol. The van der Waals surface area contributed by atoms with Crippen molar-refractivity contribution in [3.8, 4) is 0 Å². The molecule has 0 aliphatic carbocycles. The molecule has 102 valence electrons. The molecule has 1 aromatic heterocycles. The van der Waals surface area contributed by atoms with Crippen LogP contribution in [0.25, 0.3) is 0 Å². The zero-order valence-electron chi connectivity index (χ0n) is 12.2. The van der Waals surface area contributed by atoms with Gasteiger partial charge in [-0.3, -0.25) is 4.90 Å². The van der Waals surface area contributed by atoms with Crippen LogP contribution in [-0.4, -0.2) is 43.8 Å². The Hall–Kier alpha value is -0.940. The first kappa shape index (κ1) is 13.5. The summed E-state index contributed by atoms with van der Waals surface area (Å²) in [5, 5.41) is 7.85. The standard InChI is InChI=1S/C13H25N5/c1-6-18-11(14-10-16-18)7-17-9-12(2,3)15-8-13(17,4)5/h10,15H,6-9H2,1-5H3. The van der Waals surface area contributed by atoms with Gasteiger partial charge in [0.05, 0.1) is 6.54 Å². The first-order valence-corrected chi connectivity index (χ1v) is 6.71. The van der Waals surface area contributed by atoms with Crippen molar-refractivity contribution in [2.24, 2.45) is 0 Å². The van der Waals surface area contributed by atoms with Crippen LogP contribution in [0.2, 0.25) is 0 Å². The fourth-order valence-corrected chi connectivity index (χ4v) is 2.43. The van der Waals surface area contributed by atoms with Crippen LogP contribution < -0.4 is 5.32 Å². The fourth-order valence-electron chi connectivity index (χ4n) is 2.43. The molecule has 0 unspecified atom stereocenters. The summed E-state index contributed by atoms with van der Waals surface area (Å²) < 4.78 is 1.98. The molecule has 1 saturated heterocycles. The summed E-state index contributed by atoms with van der Waals surface area (Å²) in [5.41, 5.74) is 0.312. The van der Waals surface area contributed by atoms with Crippen LogP contribution in [0.4, 0.5) is 0 Å². The number of hydrogen-bond acceptors (Lipinski definition) is 4. The smallest absolute Gasteiger partial charge is 0.141 e. The number of nitrogens with one attached hydrogen (secondary N) is 1. The maximum Gasteiger partial charge on any atom is 0.141 e. The van der Waals surface area contributed by atoms with Crippen LogP contribution in [0.5, 0.6) is 0 Å². The summed E-state index contributed by atoms with van der Waals surface area (Å²) in [6.07, 6.45) is 1.65. The lowest BCUT2D eigenvalue weighted by molar-refractivity contribution is 0.0292. The molecule has 0 spiro atoms. The summed E-state index contributed by atoms with van der Waals surface area (Å²) in [6, 6.07) is 0. The Morgan fingerprint density at radius 2 is 2.06 bits per heavy atom. The molecule has 18 heavy (non-hydrogen) atoms. The van der Waals surface area contributed by atoms with E-state index in [0.717, 1.165) is 32.0 Å². The van der Waals surface area contributed by atoms with Crippen molar-refractivity contribution in [3.63, 3.8) is 0 Å². The Kier molecular flexibility index (Phi) is 3.47. The van der Waals surface area contributed by atoms with Crippen molar-refractivity contribution in [1.29, 1.82) is 0 Å². The van der Waals surface area contributed by atoms with Gasteiger partial charge in [0, 0.05) is 30.7 Å². The van der Waals surface area contributed by atoms with Crippen LogP contribution >= 0.6 is 0 Å². The van der Waals surface area contributed by atoms with Crippen molar-refractivity contribution >= 4 is 0 Å². The third-order valence-corrected chi connectivity index (χ3v) is 3.77. The van der Waals surface area contributed by atoms with Gasteiger partial charge in [0.1, 0.15) is 12.2 Å². The molecule has 0 amide bonds. The molecule has 1 aromatic rings. The maximum atomic E-state index is 4.38. The van der Waals surface area contributed by atoms with Gasteiger partial charge >= 0.3 is 0 Å². The molecule has 2 rings (SSSR count). The summed E-state index contributed by atoms with van der Waals surface area (Å²) in [6.45, 7) is 14.9. The predicted octanol–water partition coefficient (Wildman–Crippen LogP) is 1.26. The van der Waals surface area contributed by atoms with Gasteiger partial charge in [-0.1, -0.05) is 0 Å². The van der Waals surface area contributed by atoms with Gasteiger partial charge in [-0.2, -0.15) is 5.10 Å². The third kappa shape index (κ3) is 2.72. The van der Waals surface area contributed by atoms with E-state index in [2.05, 4.69) is 54.9 Å². The number of nitrogens with zero attached hydrogens (tertiary/aromatic N) is 4. The van der Waals surface area contributed by atoms with Crippen LogP contribution in [0.3, 0.4) is 0 Å². The number of piperazine rings is 1. The van der Waals surface area contributed by atoms with Crippen LogP contribution in [0, 0.1) is 0 Å². The molecule has 0 radical (unpaired) electrons. The van der Waals surface area contributed by atoms with Gasteiger partial charge in [0.15, 0.2) is 0 Å². The second kappa shape index (κ2) is 4.63. The van der Waals surface area contributed by atoms with E-state index in [-0.39, 0.29) is 11.1 Å². The minimum Gasteiger partial charge on any atom is -0.309 e. The van der Waals surface area contributed by atoms with E-state index in [4.69, 9.17) is 0 Å². The largest absolute Gasteiger partial charge is 0.309 e. The van der Waals surface area contributed by atoms with Crippen LogP contribution in [-0.2, 0) is 13.1 Å². The lowest BCUT2D eigenvalue weighted by atomic mass is 9.91. The zero-order chi connectivity index (χ0) is 13.4. The third-order valence-electron chi connectivity index (χ3n) is 3.77. The quantitative estimate of drug-likeness (QED) is 0.878. The molecule has 2 heterocycles. The van der Waals surface area contributed by atoms with Gasteiger partial charge in [-0.05, 0) is 34.6 Å². The van der Waals surface area contributed by atoms with E-state index in [1.54, 1.807) is 6.33 Å². The highest BCUT2D eigenvalue weighted by atomic mass is 15.4. The van der Waals surface area contributed by atoms with Crippen molar-refractivity contribution in [1.82, 2.24) is 25.0 Å². The first-order chi connectivity index (χ1) is 8.34. The van der Waals surface area contributed by atoms with Crippen LogP contribution in [0.15, 0.2) is 6.33 Å². The summed E-state index contributed by atoms with van der Waals surface area (Å²) >= 11 is 0. The minimum absolute atomic E-state index is 0.153. The van der Waals surface area contributed by atoms with Crippen molar-refractivity contribution in [3.05, 3.63) is 12.2 Å². The Morgan fingerprint density at radius 3 is 2.72 bits per heavy atom. The van der Waals surface area contributed by atoms with E-state index in [9.17, 15) is 0 Å². The highest BCUT2D eigenvalue weighted by molar-refractivity contribution is 4.99. The van der Waals surface area contributed by atoms with Crippen molar-refractivity contribution < 1.29 is 0 Å². The van der Waals surface area contributed by atoms with Crippen LogP contribution in [0.1, 0.15) is 40.4 Å². The molecule has 5 heteroatoms. The average Bonchev–Trinajstić information content (AvgIpc) is 2.71. The highest BCUT2D eigenvalue weighted by Crippen LogP contribution is 2.24. The van der Waals surface area contributed by atoms with Gasteiger partial charge in [0.25, 0.3) is 0 Å². The zero-order valence-corrected chi connectivity index (χ0v) is 12.2. The van der Waals surface area contributed by atoms with Gasteiger partial charge < -0.3 is 5.32 Å². The van der Waals surface area contributed by atoms with E-state index in [0.29, 0.717) is 0 Å². The van der Waals surface area contributed by atoms with Crippen molar-refractivity contribution in [2.45, 2.75) is 58.8 Å². The lowest BCUT2D eigenvalue weighted by Gasteiger charge is -2.49. The topological polar surface area (TPSA) is 46.0 Å². The first-order valence-electron chi connectivity index (χ1n) is 6.71. The molecular weight excluding hydrogens is 226 g/mol. The molecular formula is C13H25N5. The molecule has 5 nitrogen and oxygen atoms in total. The molecule has 0 aromatic carbocycles. The van der Waals surface area contributed by atoms with E-state index in [1.807, 2.05) is 4.68 Å². The Labute approximate surface area is 110 Å². The Balaban J connectivity index is 2.15. The molecule has 1 N–H and O–H groups in total.